The van der Waals surface area contributed by atoms with Gasteiger partial charge in [0.05, 0.1) is 11.3 Å². The fourth-order valence-electron chi connectivity index (χ4n) is 1.74. The van der Waals surface area contributed by atoms with E-state index in [1.165, 1.54) is 37.8 Å². The SMILES string of the molecule is CCN(CC)CC.O=C(O)Cc1ccccc1S(=O)(=O)O. The fraction of sp³-hybridized carbons (Fsp3) is 0.500. The van der Waals surface area contributed by atoms with E-state index in [-0.39, 0.29) is 10.5 Å². The van der Waals surface area contributed by atoms with E-state index in [0.717, 1.165) is 6.07 Å². The molecular weight excluding hydrogens is 294 g/mol. The summed E-state index contributed by atoms with van der Waals surface area (Å²) in [4.78, 5) is 12.4. The molecule has 0 atom stereocenters. The molecule has 21 heavy (non-hydrogen) atoms. The standard InChI is InChI=1S/C8H8O5S.C6H15N/c9-8(10)5-6-3-1-2-4-7(6)14(11,12)13;1-4-7(5-2)6-3/h1-4H,5H2,(H,9,10)(H,11,12,13);4-6H2,1-3H3. The Morgan fingerprint density at radius 3 is 1.90 bits per heavy atom. The summed E-state index contributed by atoms with van der Waals surface area (Å²) in [5.41, 5.74) is 0.0718. The molecule has 0 saturated heterocycles. The van der Waals surface area contributed by atoms with Crippen LogP contribution in [0.2, 0.25) is 0 Å². The number of rotatable bonds is 6. The predicted molar refractivity (Wildman–Crippen MR) is 81.1 cm³/mol. The van der Waals surface area contributed by atoms with Gasteiger partial charge in [-0.1, -0.05) is 39.0 Å². The second-order valence-electron chi connectivity index (χ2n) is 4.27. The van der Waals surface area contributed by atoms with Crippen molar-refractivity contribution in [3.63, 3.8) is 0 Å². The maximum Gasteiger partial charge on any atom is 0.307 e. The summed E-state index contributed by atoms with van der Waals surface area (Å²) in [6.07, 6.45) is -0.435. The first kappa shape index (κ1) is 19.6. The summed E-state index contributed by atoms with van der Waals surface area (Å²) in [5.74, 6) is -1.15. The molecule has 1 aromatic carbocycles. The molecule has 0 saturated carbocycles. The number of aliphatic carboxylic acids is 1. The Balaban J connectivity index is 0.000000486. The van der Waals surface area contributed by atoms with E-state index in [4.69, 9.17) is 9.66 Å². The van der Waals surface area contributed by atoms with Gasteiger partial charge in [0.25, 0.3) is 10.1 Å². The molecular formula is C14H23NO5S. The van der Waals surface area contributed by atoms with Gasteiger partial charge in [0.2, 0.25) is 0 Å². The van der Waals surface area contributed by atoms with E-state index in [0.29, 0.717) is 0 Å². The summed E-state index contributed by atoms with van der Waals surface area (Å²) in [5, 5.41) is 8.48. The first-order chi connectivity index (χ1) is 9.76. The van der Waals surface area contributed by atoms with Crippen molar-refractivity contribution in [1.82, 2.24) is 4.90 Å². The molecule has 2 N–H and O–H groups in total. The van der Waals surface area contributed by atoms with Crippen LogP contribution in [0.5, 0.6) is 0 Å². The Morgan fingerprint density at radius 2 is 1.57 bits per heavy atom. The smallest absolute Gasteiger partial charge is 0.307 e. The molecule has 0 aliphatic rings. The molecule has 0 aliphatic heterocycles. The van der Waals surface area contributed by atoms with Crippen molar-refractivity contribution >= 4 is 16.1 Å². The number of hydrogen-bond donors (Lipinski definition) is 2. The van der Waals surface area contributed by atoms with Crippen molar-refractivity contribution in [1.29, 1.82) is 0 Å². The molecule has 0 spiro atoms. The van der Waals surface area contributed by atoms with Crippen LogP contribution < -0.4 is 0 Å². The van der Waals surface area contributed by atoms with Gasteiger partial charge in [0.15, 0.2) is 0 Å². The first-order valence-corrected chi connectivity index (χ1v) is 8.19. The predicted octanol–water partition coefficient (Wildman–Crippen LogP) is 1.91. The van der Waals surface area contributed by atoms with E-state index in [1.807, 2.05) is 0 Å². The van der Waals surface area contributed by atoms with E-state index in [2.05, 4.69) is 25.7 Å². The number of carboxylic acids is 1. The van der Waals surface area contributed by atoms with Gasteiger partial charge in [-0.15, -0.1) is 0 Å². The van der Waals surface area contributed by atoms with Crippen LogP contribution in [0.4, 0.5) is 0 Å². The normalized spacial score (nSPS) is 10.9. The first-order valence-electron chi connectivity index (χ1n) is 6.75. The Kier molecular flexibility index (Phi) is 8.84. The molecule has 0 aliphatic carbocycles. The highest BCUT2D eigenvalue weighted by Gasteiger charge is 2.15. The summed E-state index contributed by atoms with van der Waals surface area (Å²) in [6.45, 7) is 10.1. The van der Waals surface area contributed by atoms with Crippen molar-refractivity contribution in [3.8, 4) is 0 Å². The molecule has 6 nitrogen and oxygen atoms in total. The topological polar surface area (TPSA) is 94.9 Å². The van der Waals surface area contributed by atoms with Crippen LogP contribution in [0.1, 0.15) is 26.3 Å². The third kappa shape index (κ3) is 7.79. The third-order valence-electron chi connectivity index (χ3n) is 2.93. The molecule has 1 aromatic rings. The number of carbonyl (C=O) groups is 1. The molecule has 0 fully saturated rings. The number of hydrogen-bond acceptors (Lipinski definition) is 4. The second-order valence-corrected chi connectivity index (χ2v) is 5.66. The van der Waals surface area contributed by atoms with Crippen molar-refractivity contribution in [2.24, 2.45) is 0 Å². The molecule has 1 rings (SSSR count). The molecule has 0 heterocycles. The Hall–Kier alpha value is -1.44. The summed E-state index contributed by atoms with van der Waals surface area (Å²) in [7, 11) is -4.34. The lowest BCUT2D eigenvalue weighted by molar-refractivity contribution is -0.136. The van der Waals surface area contributed by atoms with Gasteiger partial charge in [-0.05, 0) is 31.3 Å². The lowest BCUT2D eigenvalue weighted by Gasteiger charge is -2.13. The molecule has 0 unspecified atom stereocenters. The van der Waals surface area contributed by atoms with Crippen molar-refractivity contribution < 1.29 is 22.9 Å². The zero-order valence-corrected chi connectivity index (χ0v) is 13.4. The van der Waals surface area contributed by atoms with Gasteiger partial charge in [0, 0.05) is 0 Å². The molecule has 120 valence electrons. The lowest BCUT2D eigenvalue weighted by Crippen LogP contribution is -2.21. The largest absolute Gasteiger partial charge is 0.481 e. The highest BCUT2D eigenvalue weighted by molar-refractivity contribution is 7.85. The minimum absolute atomic E-state index is 0.0718. The number of carboxylic acid groups (broad SMARTS) is 1. The maximum atomic E-state index is 10.8. The van der Waals surface area contributed by atoms with Gasteiger partial charge in [-0.2, -0.15) is 8.42 Å². The van der Waals surface area contributed by atoms with Crippen molar-refractivity contribution in [2.45, 2.75) is 32.1 Å². The molecule has 0 aromatic heterocycles. The van der Waals surface area contributed by atoms with Crippen LogP contribution in [0.3, 0.4) is 0 Å². The van der Waals surface area contributed by atoms with Gasteiger partial charge in [-0.3, -0.25) is 9.35 Å². The summed E-state index contributed by atoms with van der Waals surface area (Å²) >= 11 is 0. The van der Waals surface area contributed by atoms with E-state index in [9.17, 15) is 13.2 Å². The van der Waals surface area contributed by atoms with Crippen molar-refractivity contribution in [2.75, 3.05) is 19.6 Å². The van der Waals surface area contributed by atoms with Gasteiger partial charge in [0.1, 0.15) is 0 Å². The van der Waals surface area contributed by atoms with E-state index in [1.54, 1.807) is 0 Å². The van der Waals surface area contributed by atoms with Crippen LogP contribution >= 0.6 is 0 Å². The minimum Gasteiger partial charge on any atom is -0.481 e. The van der Waals surface area contributed by atoms with Gasteiger partial charge < -0.3 is 10.0 Å². The Bertz CT molecular complexity index is 533. The zero-order valence-electron chi connectivity index (χ0n) is 12.6. The number of benzene rings is 1. The van der Waals surface area contributed by atoms with Crippen LogP contribution in [0, 0.1) is 0 Å². The minimum atomic E-state index is -4.34. The molecule has 0 amide bonds. The molecule has 7 heteroatoms. The van der Waals surface area contributed by atoms with Crippen LogP contribution in [0.15, 0.2) is 29.2 Å². The average Bonchev–Trinajstić information content (AvgIpc) is 2.40. The number of nitrogens with zero attached hydrogens (tertiary/aromatic N) is 1. The van der Waals surface area contributed by atoms with Crippen LogP contribution in [-0.2, 0) is 21.3 Å². The molecule has 0 radical (unpaired) electrons. The highest BCUT2D eigenvalue weighted by Crippen LogP contribution is 2.15. The summed E-state index contributed by atoms with van der Waals surface area (Å²) in [6, 6.07) is 5.42. The van der Waals surface area contributed by atoms with E-state index >= 15 is 0 Å². The average molecular weight is 317 g/mol. The van der Waals surface area contributed by atoms with Crippen molar-refractivity contribution in [3.05, 3.63) is 29.8 Å². The Labute approximate surface area is 126 Å². The summed E-state index contributed by atoms with van der Waals surface area (Å²) < 4.78 is 30.4. The van der Waals surface area contributed by atoms with E-state index < -0.39 is 22.5 Å². The van der Waals surface area contributed by atoms with Crippen LogP contribution in [-0.4, -0.2) is 48.6 Å². The quantitative estimate of drug-likeness (QED) is 0.778. The molecule has 0 bridgehead atoms. The van der Waals surface area contributed by atoms with Crippen LogP contribution in [0.25, 0.3) is 0 Å². The Morgan fingerprint density at radius 1 is 1.10 bits per heavy atom. The highest BCUT2D eigenvalue weighted by atomic mass is 32.2. The monoisotopic (exact) mass is 317 g/mol. The third-order valence-corrected chi connectivity index (χ3v) is 3.89. The maximum absolute atomic E-state index is 10.8. The van der Waals surface area contributed by atoms with Gasteiger partial charge in [-0.25, -0.2) is 0 Å². The van der Waals surface area contributed by atoms with Gasteiger partial charge >= 0.3 is 5.97 Å². The fourth-order valence-corrected chi connectivity index (χ4v) is 2.46. The second kappa shape index (κ2) is 9.49. The zero-order chi connectivity index (χ0) is 16.5. The lowest BCUT2D eigenvalue weighted by atomic mass is 10.1.